The van der Waals surface area contributed by atoms with Crippen molar-refractivity contribution < 1.29 is 22.7 Å². The van der Waals surface area contributed by atoms with E-state index in [0.29, 0.717) is 36.1 Å². The average molecular weight is 493 g/mol. The number of halogens is 2. The summed E-state index contributed by atoms with van der Waals surface area (Å²) in [6, 6.07) is 15.8. The fourth-order valence-corrected chi connectivity index (χ4v) is 4.51. The van der Waals surface area contributed by atoms with Gasteiger partial charge in [0, 0.05) is 17.4 Å². The van der Waals surface area contributed by atoms with E-state index in [2.05, 4.69) is 10.0 Å². The second-order valence-electron chi connectivity index (χ2n) is 6.96. The molecule has 3 aromatic rings. The summed E-state index contributed by atoms with van der Waals surface area (Å²) < 4.78 is 38.5. The number of fused-ring (bicyclic) bond motifs is 1. The third-order valence-electron chi connectivity index (χ3n) is 4.60. The molecule has 0 aliphatic carbocycles. The molecule has 166 valence electrons. The van der Waals surface area contributed by atoms with Gasteiger partial charge in [0.25, 0.3) is 10.0 Å². The van der Waals surface area contributed by atoms with Gasteiger partial charge in [0.2, 0.25) is 5.91 Å². The van der Waals surface area contributed by atoms with Crippen LogP contribution in [0.1, 0.15) is 5.56 Å². The van der Waals surface area contributed by atoms with Crippen LogP contribution < -0.4 is 19.5 Å². The van der Waals surface area contributed by atoms with Crippen LogP contribution in [0.15, 0.2) is 65.6 Å². The van der Waals surface area contributed by atoms with Crippen molar-refractivity contribution in [3.05, 3.63) is 76.3 Å². The minimum Gasteiger partial charge on any atom is -0.486 e. The first kappa shape index (κ1) is 22.3. The average Bonchev–Trinajstić information content (AvgIpc) is 2.76. The van der Waals surface area contributed by atoms with E-state index in [1.165, 1.54) is 18.2 Å². The summed E-state index contributed by atoms with van der Waals surface area (Å²) in [6.07, 6.45) is 0.119. The number of benzene rings is 3. The molecule has 0 spiro atoms. The zero-order chi connectivity index (χ0) is 22.7. The Morgan fingerprint density at radius 2 is 1.53 bits per heavy atom. The molecule has 1 amide bonds. The molecule has 10 heteroatoms. The summed E-state index contributed by atoms with van der Waals surface area (Å²) in [5.74, 6) is 1.02. The monoisotopic (exact) mass is 492 g/mol. The van der Waals surface area contributed by atoms with Crippen LogP contribution in [0, 0.1) is 0 Å². The van der Waals surface area contributed by atoms with Crippen molar-refractivity contribution in [1.29, 1.82) is 0 Å². The number of carbonyl (C=O) groups is 1. The van der Waals surface area contributed by atoms with Crippen molar-refractivity contribution in [1.82, 2.24) is 0 Å². The zero-order valence-electron chi connectivity index (χ0n) is 16.6. The first-order chi connectivity index (χ1) is 15.3. The summed E-state index contributed by atoms with van der Waals surface area (Å²) in [7, 11) is -3.83. The number of rotatable bonds is 6. The Bertz CT molecular complexity index is 1260. The highest BCUT2D eigenvalue weighted by Gasteiger charge is 2.16. The van der Waals surface area contributed by atoms with E-state index in [9.17, 15) is 13.2 Å². The molecule has 7 nitrogen and oxygen atoms in total. The van der Waals surface area contributed by atoms with Gasteiger partial charge in [-0.2, -0.15) is 0 Å². The van der Waals surface area contributed by atoms with E-state index in [0.717, 1.165) is 5.56 Å². The van der Waals surface area contributed by atoms with Crippen molar-refractivity contribution in [3.8, 4) is 11.5 Å². The molecule has 2 N–H and O–H groups in total. The van der Waals surface area contributed by atoms with Crippen molar-refractivity contribution in [2.45, 2.75) is 11.3 Å². The Balaban J connectivity index is 1.38. The first-order valence-electron chi connectivity index (χ1n) is 9.56. The van der Waals surface area contributed by atoms with Crippen LogP contribution in [0.25, 0.3) is 0 Å². The van der Waals surface area contributed by atoms with E-state index >= 15 is 0 Å². The van der Waals surface area contributed by atoms with Gasteiger partial charge in [-0.05, 0) is 48.0 Å². The fourth-order valence-electron chi connectivity index (χ4n) is 3.06. The number of amides is 1. The van der Waals surface area contributed by atoms with E-state index in [1.807, 2.05) is 0 Å². The Labute approximate surface area is 195 Å². The normalized spacial score (nSPS) is 12.8. The summed E-state index contributed by atoms with van der Waals surface area (Å²) in [6.45, 7) is 0.962. The maximum Gasteiger partial charge on any atom is 0.261 e. The third-order valence-corrected chi connectivity index (χ3v) is 6.72. The van der Waals surface area contributed by atoms with Gasteiger partial charge in [0.1, 0.15) is 13.2 Å². The van der Waals surface area contributed by atoms with E-state index in [1.54, 1.807) is 42.5 Å². The quantitative estimate of drug-likeness (QED) is 0.517. The summed E-state index contributed by atoms with van der Waals surface area (Å²) in [5.41, 5.74) is 1.68. The summed E-state index contributed by atoms with van der Waals surface area (Å²) >= 11 is 11.8. The topological polar surface area (TPSA) is 93.7 Å². The highest BCUT2D eigenvalue weighted by atomic mass is 35.5. The molecule has 0 atom stereocenters. The van der Waals surface area contributed by atoms with Crippen LogP contribution in [0.2, 0.25) is 10.0 Å². The highest BCUT2D eigenvalue weighted by molar-refractivity contribution is 7.92. The highest BCUT2D eigenvalue weighted by Crippen LogP contribution is 2.32. The largest absolute Gasteiger partial charge is 0.486 e. The molecule has 3 aromatic carbocycles. The Morgan fingerprint density at radius 3 is 2.25 bits per heavy atom. The van der Waals surface area contributed by atoms with Gasteiger partial charge < -0.3 is 14.8 Å². The van der Waals surface area contributed by atoms with Gasteiger partial charge in [0.05, 0.1) is 21.4 Å². The molecule has 32 heavy (non-hydrogen) atoms. The van der Waals surface area contributed by atoms with Crippen LogP contribution in [0.3, 0.4) is 0 Å². The van der Waals surface area contributed by atoms with Gasteiger partial charge >= 0.3 is 0 Å². The molecule has 4 rings (SSSR count). The van der Waals surface area contributed by atoms with E-state index in [4.69, 9.17) is 32.7 Å². The number of anilines is 2. The minimum atomic E-state index is -3.83. The van der Waals surface area contributed by atoms with Crippen molar-refractivity contribution in [3.63, 3.8) is 0 Å². The SMILES string of the molecule is O=C(Cc1ccc(NS(=O)(=O)c2ccc(Cl)c(Cl)c2)cc1)Nc1ccc2c(c1)OCCO2. The maximum absolute atomic E-state index is 12.5. The van der Waals surface area contributed by atoms with Crippen LogP contribution in [0.4, 0.5) is 11.4 Å². The number of sulfonamides is 1. The van der Waals surface area contributed by atoms with Crippen molar-refractivity contribution in [2.24, 2.45) is 0 Å². The lowest BCUT2D eigenvalue weighted by Crippen LogP contribution is -2.17. The summed E-state index contributed by atoms with van der Waals surface area (Å²) in [4.78, 5) is 12.4. The second kappa shape index (κ2) is 9.28. The maximum atomic E-state index is 12.5. The van der Waals surface area contributed by atoms with E-state index < -0.39 is 10.0 Å². The molecule has 0 aromatic heterocycles. The molecular formula is C22H18Cl2N2O5S. The lowest BCUT2D eigenvalue weighted by atomic mass is 10.1. The molecule has 1 heterocycles. The first-order valence-corrected chi connectivity index (χ1v) is 11.8. The summed E-state index contributed by atoms with van der Waals surface area (Å²) in [5, 5.41) is 3.23. The molecule has 0 saturated carbocycles. The Morgan fingerprint density at radius 1 is 0.844 bits per heavy atom. The standard InChI is InChI=1S/C22H18Cl2N2O5S/c23-18-7-6-17(13-19(18)24)32(28,29)26-15-3-1-14(2-4-15)11-22(27)25-16-5-8-20-21(12-16)31-10-9-30-20/h1-8,12-13,26H,9-11H2,(H,25,27). The number of hydrogen-bond donors (Lipinski definition) is 2. The number of ether oxygens (including phenoxy) is 2. The van der Waals surface area contributed by atoms with E-state index in [-0.39, 0.29) is 27.3 Å². The molecule has 0 bridgehead atoms. The van der Waals surface area contributed by atoms with Crippen molar-refractivity contribution in [2.75, 3.05) is 23.3 Å². The van der Waals surface area contributed by atoms with Gasteiger partial charge in [0.15, 0.2) is 11.5 Å². The van der Waals surface area contributed by atoms with Gasteiger partial charge in [-0.25, -0.2) is 8.42 Å². The number of nitrogens with one attached hydrogen (secondary N) is 2. The molecule has 1 aliphatic heterocycles. The number of carbonyl (C=O) groups excluding carboxylic acids is 1. The van der Waals surface area contributed by atoms with Gasteiger partial charge in [-0.15, -0.1) is 0 Å². The predicted molar refractivity (Wildman–Crippen MR) is 123 cm³/mol. The van der Waals surface area contributed by atoms with Gasteiger partial charge in [-0.1, -0.05) is 35.3 Å². The third kappa shape index (κ3) is 5.27. The smallest absolute Gasteiger partial charge is 0.261 e. The molecule has 0 unspecified atom stereocenters. The van der Waals surface area contributed by atoms with Crippen LogP contribution >= 0.6 is 23.2 Å². The molecule has 0 radical (unpaired) electrons. The lowest BCUT2D eigenvalue weighted by molar-refractivity contribution is -0.115. The fraction of sp³-hybridized carbons (Fsp3) is 0.136. The van der Waals surface area contributed by atoms with Crippen LogP contribution in [-0.2, 0) is 21.2 Å². The van der Waals surface area contributed by atoms with Crippen molar-refractivity contribution >= 4 is 50.5 Å². The Kier molecular flexibility index (Phi) is 6.45. The molecule has 1 aliphatic rings. The predicted octanol–water partition coefficient (Wildman–Crippen LogP) is 4.75. The minimum absolute atomic E-state index is 0.00483. The lowest BCUT2D eigenvalue weighted by Gasteiger charge is -2.19. The Hall–Kier alpha value is -2.94. The molecule has 0 saturated heterocycles. The second-order valence-corrected chi connectivity index (χ2v) is 9.46. The van der Waals surface area contributed by atoms with Crippen LogP contribution in [-0.4, -0.2) is 27.5 Å². The zero-order valence-corrected chi connectivity index (χ0v) is 18.9. The van der Waals surface area contributed by atoms with Crippen LogP contribution in [0.5, 0.6) is 11.5 Å². The molecule has 0 fully saturated rings. The molecular weight excluding hydrogens is 475 g/mol. The van der Waals surface area contributed by atoms with Gasteiger partial charge in [-0.3, -0.25) is 9.52 Å². The number of hydrogen-bond acceptors (Lipinski definition) is 5.